The molecule has 6 nitrogen and oxygen atoms in total. The minimum absolute atomic E-state index is 0.0671. The first-order valence-electron chi connectivity index (χ1n) is 5.77. The Morgan fingerprint density at radius 2 is 2.12 bits per heavy atom. The molecular formula is C11H18N2O4. The average molecular weight is 242 g/mol. The Labute approximate surface area is 100 Å². The summed E-state index contributed by atoms with van der Waals surface area (Å²) in [6, 6.07) is -0.422. The van der Waals surface area contributed by atoms with E-state index < -0.39 is 6.04 Å². The SMILES string of the molecule is COC(=O)CCCCCC1NC(=O)CNC1=O. The van der Waals surface area contributed by atoms with Crippen molar-refractivity contribution in [2.24, 2.45) is 0 Å². The van der Waals surface area contributed by atoms with Crippen LogP contribution in [0.2, 0.25) is 0 Å². The van der Waals surface area contributed by atoms with Gasteiger partial charge in [0.2, 0.25) is 11.8 Å². The van der Waals surface area contributed by atoms with Crippen LogP contribution in [0.1, 0.15) is 32.1 Å². The second-order valence-corrected chi connectivity index (χ2v) is 4.01. The van der Waals surface area contributed by atoms with E-state index >= 15 is 0 Å². The lowest BCUT2D eigenvalue weighted by Gasteiger charge is -2.22. The number of ether oxygens (including phenoxy) is 1. The van der Waals surface area contributed by atoms with Crippen LogP contribution in [0, 0.1) is 0 Å². The maximum atomic E-state index is 11.4. The highest BCUT2D eigenvalue weighted by atomic mass is 16.5. The van der Waals surface area contributed by atoms with Gasteiger partial charge in [-0.25, -0.2) is 0 Å². The van der Waals surface area contributed by atoms with Crippen LogP contribution in [-0.2, 0) is 19.1 Å². The highest BCUT2D eigenvalue weighted by Crippen LogP contribution is 2.08. The summed E-state index contributed by atoms with van der Waals surface area (Å²) in [6.45, 7) is 0.0671. The number of unbranched alkanes of at least 4 members (excludes halogenated alkanes) is 2. The van der Waals surface area contributed by atoms with Gasteiger partial charge in [0.1, 0.15) is 6.04 Å². The molecule has 1 aliphatic rings. The minimum Gasteiger partial charge on any atom is -0.469 e. The molecule has 0 aromatic heterocycles. The van der Waals surface area contributed by atoms with Gasteiger partial charge in [-0.05, 0) is 12.8 Å². The number of nitrogens with one attached hydrogen (secondary N) is 2. The van der Waals surface area contributed by atoms with Crippen molar-refractivity contribution in [3.05, 3.63) is 0 Å². The molecule has 1 saturated heterocycles. The molecule has 1 rings (SSSR count). The van der Waals surface area contributed by atoms with Crippen LogP contribution in [0.3, 0.4) is 0 Å². The normalized spacial score (nSPS) is 19.5. The van der Waals surface area contributed by atoms with Crippen molar-refractivity contribution in [1.82, 2.24) is 10.6 Å². The zero-order valence-electron chi connectivity index (χ0n) is 9.95. The number of carbonyl (C=O) groups excluding carboxylic acids is 3. The van der Waals surface area contributed by atoms with Gasteiger partial charge in [0.05, 0.1) is 13.7 Å². The van der Waals surface area contributed by atoms with Crippen LogP contribution < -0.4 is 10.6 Å². The molecule has 0 aromatic carbocycles. The van der Waals surface area contributed by atoms with Crippen LogP contribution in [0.5, 0.6) is 0 Å². The second-order valence-electron chi connectivity index (χ2n) is 4.01. The molecule has 1 atom stereocenters. The Bertz CT molecular complexity index is 304. The molecular weight excluding hydrogens is 224 g/mol. The van der Waals surface area contributed by atoms with Crippen molar-refractivity contribution in [1.29, 1.82) is 0 Å². The third-order valence-electron chi connectivity index (χ3n) is 2.68. The molecule has 1 heterocycles. The Hall–Kier alpha value is -1.59. The fourth-order valence-electron chi connectivity index (χ4n) is 1.70. The van der Waals surface area contributed by atoms with Crippen molar-refractivity contribution < 1.29 is 19.1 Å². The first-order chi connectivity index (χ1) is 8.13. The van der Waals surface area contributed by atoms with E-state index in [1.54, 1.807) is 0 Å². The predicted octanol–water partition coefficient (Wildman–Crippen LogP) is -0.275. The van der Waals surface area contributed by atoms with Crippen LogP contribution in [-0.4, -0.2) is 37.5 Å². The molecule has 17 heavy (non-hydrogen) atoms. The Balaban J connectivity index is 2.11. The number of methoxy groups -OCH3 is 1. The smallest absolute Gasteiger partial charge is 0.305 e. The van der Waals surface area contributed by atoms with Crippen LogP contribution in [0.15, 0.2) is 0 Å². The first kappa shape index (κ1) is 13.5. The maximum Gasteiger partial charge on any atom is 0.305 e. The molecule has 0 bridgehead atoms. The summed E-state index contributed by atoms with van der Waals surface area (Å²) in [5.74, 6) is -0.490. The average Bonchev–Trinajstić information content (AvgIpc) is 2.32. The Kier molecular flexibility index (Phi) is 5.45. The summed E-state index contributed by atoms with van der Waals surface area (Å²) in [4.78, 5) is 33.2. The molecule has 1 unspecified atom stereocenters. The second kappa shape index (κ2) is 6.88. The van der Waals surface area contributed by atoms with E-state index in [9.17, 15) is 14.4 Å². The van der Waals surface area contributed by atoms with E-state index in [0.717, 1.165) is 19.3 Å². The predicted molar refractivity (Wildman–Crippen MR) is 60.0 cm³/mol. The van der Waals surface area contributed by atoms with Crippen molar-refractivity contribution in [3.63, 3.8) is 0 Å². The molecule has 96 valence electrons. The number of hydrogen-bond acceptors (Lipinski definition) is 4. The summed E-state index contributed by atoms with van der Waals surface area (Å²) >= 11 is 0. The van der Waals surface area contributed by atoms with Crippen LogP contribution >= 0.6 is 0 Å². The zero-order valence-corrected chi connectivity index (χ0v) is 9.95. The van der Waals surface area contributed by atoms with Gasteiger partial charge in [-0.15, -0.1) is 0 Å². The molecule has 0 radical (unpaired) electrons. The van der Waals surface area contributed by atoms with Gasteiger partial charge in [0.15, 0.2) is 0 Å². The fraction of sp³-hybridized carbons (Fsp3) is 0.727. The number of esters is 1. The molecule has 1 aliphatic heterocycles. The third-order valence-corrected chi connectivity index (χ3v) is 2.68. The van der Waals surface area contributed by atoms with Gasteiger partial charge in [0.25, 0.3) is 0 Å². The molecule has 6 heteroatoms. The summed E-state index contributed by atoms with van der Waals surface area (Å²) in [5.41, 5.74) is 0. The summed E-state index contributed by atoms with van der Waals surface area (Å²) in [7, 11) is 1.37. The number of hydrogen-bond donors (Lipinski definition) is 2. The van der Waals surface area contributed by atoms with Gasteiger partial charge in [-0.2, -0.15) is 0 Å². The van der Waals surface area contributed by atoms with Crippen molar-refractivity contribution in [2.45, 2.75) is 38.1 Å². The van der Waals surface area contributed by atoms with Gasteiger partial charge in [0, 0.05) is 6.42 Å². The van der Waals surface area contributed by atoms with E-state index in [0.29, 0.717) is 12.8 Å². The molecule has 1 fully saturated rings. The quantitative estimate of drug-likeness (QED) is 0.496. The lowest BCUT2D eigenvalue weighted by molar-refractivity contribution is -0.140. The van der Waals surface area contributed by atoms with Gasteiger partial charge in [-0.1, -0.05) is 12.8 Å². The summed E-state index contributed by atoms with van der Waals surface area (Å²) < 4.78 is 4.52. The fourth-order valence-corrected chi connectivity index (χ4v) is 1.70. The maximum absolute atomic E-state index is 11.4. The van der Waals surface area contributed by atoms with Crippen LogP contribution in [0.25, 0.3) is 0 Å². The van der Waals surface area contributed by atoms with Crippen molar-refractivity contribution >= 4 is 17.8 Å². The standard InChI is InChI=1S/C11H18N2O4/c1-17-10(15)6-4-2-3-5-8-11(16)12-7-9(14)13-8/h8H,2-7H2,1H3,(H,12,16)(H,13,14). The lowest BCUT2D eigenvalue weighted by Crippen LogP contribution is -2.55. The van der Waals surface area contributed by atoms with E-state index in [-0.39, 0.29) is 24.3 Å². The highest BCUT2D eigenvalue weighted by molar-refractivity contribution is 5.94. The molecule has 2 N–H and O–H groups in total. The van der Waals surface area contributed by atoms with Crippen LogP contribution in [0.4, 0.5) is 0 Å². The van der Waals surface area contributed by atoms with E-state index in [1.165, 1.54) is 7.11 Å². The summed E-state index contributed by atoms with van der Waals surface area (Å²) in [6.07, 6.45) is 3.40. The largest absolute Gasteiger partial charge is 0.469 e. The Morgan fingerprint density at radius 3 is 2.82 bits per heavy atom. The molecule has 0 spiro atoms. The molecule has 0 aliphatic carbocycles. The Morgan fingerprint density at radius 1 is 1.35 bits per heavy atom. The highest BCUT2D eigenvalue weighted by Gasteiger charge is 2.24. The van der Waals surface area contributed by atoms with Crippen molar-refractivity contribution in [2.75, 3.05) is 13.7 Å². The van der Waals surface area contributed by atoms with Gasteiger partial charge in [-0.3, -0.25) is 14.4 Å². The van der Waals surface area contributed by atoms with E-state index in [4.69, 9.17) is 0 Å². The zero-order chi connectivity index (χ0) is 12.7. The lowest BCUT2D eigenvalue weighted by atomic mass is 10.1. The molecule has 0 saturated carbocycles. The number of piperazine rings is 1. The summed E-state index contributed by atoms with van der Waals surface area (Å²) in [5, 5.41) is 5.16. The number of amides is 2. The monoisotopic (exact) mass is 242 g/mol. The van der Waals surface area contributed by atoms with E-state index in [1.807, 2.05) is 0 Å². The van der Waals surface area contributed by atoms with E-state index in [2.05, 4.69) is 15.4 Å². The minimum atomic E-state index is -0.422. The van der Waals surface area contributed by atoms with Gasteiger partial charge >= 0.3 is 5.97 Å². The molecule has 2 amide bonds. The topological polar surface area (TPSA) is 84.5 Å². The number of carbonyl (C=O) groups is 3. The first-order valence-corrected chi connectivity index (χ1v) is 5.77. The third kappa shape index (κ3) is 4.84. The molecule has 0 aromatic rings. The van der Waals surface area contributed by atoms with Gasteiger partial charge < -0.3 is 15.4 Å². The number of rotatable bonds is 6. The van der Waals surface area contributed by atoms with Crippen molar-refractivity contribution in [3.8, 4) is 0 Å².